The van der Waals surface area contributed by atoms with Crippen LogP contribution in [0.5, 0.6) is 0 Å². The Morgan fingerprint density at radius 1 is 1.24 bits per heavy atom. The van der Waals surface area contributed by atoms with Crippen LogP contribution in [0.4, 0.5) is 10.1 Å². The van der Waals surface area contributed by atoms with E-state index in [1.165, 1.54) is 22.4 Å². The number of fused-ring (bicyclic) bond motifs is 1. The third-order valence-electron chi connectivity index (χ3n) is 3.40. The maximum atomic E-state index is 13.8. The fraction of sp³-hybridized carbons (Fsp3) is 0.312. The highest BCUT2D eigenvalue weighted by atomic mass is 32.1. The Balaban J connectivity index is 1.90. The number of anilines is 1. The molecular formula is C16H17FN2S2. The SMILES string of the molecule is CCCCc1cc2sc(-c3ccc(NC)c(F)c3)nc2s1. The lowest BCUT2D eigenvalue weighted by atomic mass is 10.2. The van der Waals surface area contributed by atoms with Crippen LogP contribution in [-0.2, 0) is 6.42 Å². The van der Waals surface area contributed by atoms with Gasteiger partial charge in [0, 0.05) is 17.5 Å². The van der Waals surface area contributed by atoms with E-state index in [0.717, 1.165) is 21.8 Å². The number of aromatic nitrogens is 1. The lowest BCUT2D eigenvalue weighted by molar-refractivity contribution is 0.632. The highest BCUT2D eigenvalue weighted by Crippen LogP contribution is 2.36. The molecule has 0 spiro atoms. The van der Waals surface area contributed by atoms with E-state index in [2.05, 4.69) is 23.3 Å². The van der Waals surface area contributed by atoms with Gasteiger partial charge in [0.05, 0.1) is 10.4 Å². The van der Waals surface area contributed by atoms with Crippen molar-refractivity contribution in [3.05, 3.63) is 35.0 Å². The summed E-state index contributed by atoms with van der Waals surface area (Å²) in [6.45, 7) is 2.20. The van der Waals surface area contributed by atoms with Gasteiger partial charge in [-0.05, 0) is 37.1 Å². The third kappa shape index (κ3) is 2.94. The van der Waals surface area contributed by atoms with Crippen LogP contribution < -0.4 is 5.32 Å². The van der Waals surface area contributed by atoms with E-state index in [1.807, 2.05) is 6.07 Å². The molecule has 0 amide bonds. The van der Waals surface area contributed by atoms with E-state index in [4.69, 9.17) is 0 Å². The Labute approximate surface area is 131 Å². The van der Waals surface area contributed by atoms with Gasteiger partial charge >= 0.3 is 0 Å². The Bertz CT molecular complexity index is 729. The van der Waals surface area contributed by atoms with E-state index >= 15 is 0 Å². The number of hydrogen-bond donors (Lipinski definition) is 1. The van der Waals surface area contributed by atoms with Crippen molar-refractivity contribution in [3.8, 4) is 10.6 Å². The molecule has 0 radical (unpaired) electrons. The van der Waals surface area contributed by atoms with Crippen LogP contribution in [0.25, 0.3) is 20.1 Å². The molecule has 1 aromatic carbocycles. The van der Waals surface area contributed by atoms with Crippen molar-refractivity contribution in [3.63, 3.8) is 0 Å². The summed E-state index contributed by atoms with van der Waals surface area (Å²) in [6.07, 6.45) is 3.56. The number of rotatable bonds is 5. The monoisotopic (exact) mass is 320 g/mol. The molecule has 3 rings (SSSR count). The predicted octanol–water partition coefficient (Wildman–Crippen LogP) is 5.55. The fourth-order valence-corrected chi connectivity index (χ4v) is 4.51. The van der Waals surface area contributed by atoms with Crippen molar-refractivity contribution >= 4 is 37.9 Å². The molecule has 0 bridgehead atoms. The van der Waals surface area contributed by atoms with E-state index in [9.17, 15) is 4.39 Å². The first-order chi connectivity index (χ1) is 10.2. The topological polar surface area (TPSA) is 24.9 Å². The first-order valence-electron chi connectivity index (χ1n) is 7.08. The maximum absolute atomic E-state index is 13.8. The van der Waals surface area contributed by atoms with Gasteiger partial charge in [-0.1, -0.05) is 13.3 Å². The molecule has 0 saturated heterocycles. The number of unbranched alkanes of at least 4 members (excludes halogenated alkanes) is 1. The molecule has 2 aromatic heterocycles. The molecule has 2 nitrogen and oxygen atoms in total. The zero-order valence-corrected chi connectivity index (χ0v) is 13.7. The van der Waals surface area contributed by atoms with Crippen LogP contribution in [0.15, 0.2) is 24.3 Å². The molecule has 110 valence electrons. The number of halogens is 1. The minimum Gasteiger partial charge on any atom is -0.386 e. The molecule has 0 aliphatic heterocycles. The minimum atomic E-state index is -0.239. The smallest absolute Gasteiger partial charge is 0.146 e. The molecule has 2 heterocycles. The zero-order valence-electron chi connectivity index (χ0n) is 12.1. The quantitative estimate of drug-likeness (QED) is 0.667. The molecule has 1 N–H and O–H groups in total. The van der Waals surface area contributed by atoms with Gasteiger partial charge in [0.2, 0.25) is 0 Å². The Morgan fingerprint density at radius 3 is 2.76 bits per heavy atom. The molecule has 0 saturated carbocycles. The molecule has 0 aliphatic carbocycles. The van der Waals surface area contributed by atoms with Crippen molar-refractivity contribution in [2.75, 3.05) is 12.4 Å². The molecule has 3 aromatic rings. The van der Waals surface area contributed by atoms with Crippen LogP contribution in [-0.4, -0.2) is 12.0 Å². The highest BCUT2D eigenvalue weighted by molar-refractivity contribution is 7.28. The zero-order chi connectivity index (χ0) is 14.8. The van der Waals surface area contributed by atoms with Gasteiger partial charge in [-0.25, -0.2) is 9.37 Å². The van der Waals surface area contributed by atoms with Crippen molar-refractivity contribution in [1.29, 1.82) is 0 Å². The Kier molecular flexibility index (Phi) is 4.22. The van der Waals surface area contributed by atoms with E-state index in [1.54, 1.807) is 41.9 Å². The van der Waals surface area contributed by atoms with Gasteiger partial charge < -0.3 is 5.32 Å². The number of thiazole rings is 1. The average Bonchev–Trinajstić information content (AvgIpc) is 3.03. The van der Waals surface area contributed by atoms with Crippen molar-refractivity contribution in [2.24, 2.45) is 0 Å². The summed E-state index contributed by atoms with van der Waals surface area (Å²) < 4.78 is 15.0. The second-order valence-electron chi connectivity index (χ2n) is 4.95. The van der Waals surface area contributed by atoms with Gasteiger partial charge in [0.1, 0.15) is 15.7 Å². The van der Waals surface area contributed by atoms with Gasteiger partial charge in [-0.3, -0.25) is 0 Å². The molecule has 0 unspecified atom stereocenters. The first-order valence-corrected chi connectivity index (χ1v) is 8.71. The van der Waals surface area contributed by atoms with Crippen LogP contribution in [0.1, 0.15) is 24.6 Å². The summed E-state index contributed by atoms with van der Waals surface area (Å²) in [6, 6.07) is 7.45. The van der Waals surface area contributed by atoms with Gasteiger partial charge in [0.25, 0.3) is 0 Å². The molecule has 0 aliphatic rings. The minimum absolute atomic E-state index is 0.239. The van der Waals surface area contributed by atoms with Gasteiger partial charge in [0.15, 0.2) is 0 Å². The average molecular weight is 320 g/mol. The standard InChI is InChI=1S/C16H17FN2S2/c1-3-4-5-11-9-14-16(20-11)19-15(21-14)10-6-7-13(18-2)12(17)8-10/h6-9,18H,3-5H2,1-2H3. The lowest BCUT2D eigenvalue weighted by Gasteiger charge is -2.03. The molecular weight excluding hydrogens is 303 g/mol. The van der Waals surface area contributed by atoms with E-state index < -0.39 is 0 Å². The first kappa shape index (κ1) is 14.5. The number of nitrogens with zero attached hydrogens (tertiary/aromatic N) is 1. The lowest BCUT2D eigenvalue weighted by Crippen LogP contribution is -1.92. The van der Waals surface area contributed by atoms with Crippen molar-refractivity contribution in [1.82, 2.24) is 4.98 Å². The summed E-state index contributed by atoms with van der Waals surface area (Å²) in [4.78, 5) is 7.12. The van der Waals surface area contributed by atoms with Crippen molar-refractivity contribution in [2.45, 2.75) is 26.2 Å². The van der Waals surface area contributed by atoms with E-state index in [-0.39, 0.29) is 5.82 Å². The second kappa shape index (κ2) is 6.12. The molecule has 5 heteroatoms. The second-order valence-corrected chi connectivity index (χ2v) is 7.10. The van der Waals surface area contributed by atoms with E-state index in [0.29, 0.717) is 5.69 Å². The summed E-state index contributed by atoms with van der Waals surface area (Å²) in [5.41, 5.74) is 1.36. The van der Waals surface area contributed by atoms with Crippen LogP contribution in [0.3, 0.4) is 0 Å². The number of benzene rings is 1. The van der Waals surface area contributed by atoms with Gasteiger partial charge in [-0.2, -0.15) is 0 Å². The number of hydrogen-bond acceptors (Lipinski definition) is 4. The maximum Gasteiger partial charge on any atom is 0.146 e. The number of thiophene rings is 1. The Hall–Kier alpha value is -1.46. The fourth-order valence-electron chi connectivity index (χ4n) is 2.23. The predicted molar refractivity (Wildman–Crippen MR) is 91.0 cm³/mol. The van der Waals surface area contributed by atoms with Crippen LogP contribution in [0.2, 0.25) is 0 Å². The number of nitrogens with one attached hydrogen (secondary N) is 1. The molecule has 21 heavy (non-hydrogen) atoms. The number of aryl methyl sites for hydroxylation is 1. The van der Waals surface area contributed by atoms with Crippen LogP contribution >= 0.6 is 22.7 Å². The summed E-state index contributed by atoms with van der Waals surface area (Å²) in [5, 5.41) is 3.72. The normalized spacial score (nSPS) is 11.2. The summed E-state index contributed by atoms with van der Waals surface area (Å²) in [5.74, 6) is -0.239. The molecule has 0 fully saturated rings. The largest absolute Gasteiger partial charge is 0.386 e. The van der Waals surface area contributed by atoms with Crippen molar-refractivity contribution < 1.29 is 4.39 Å². The third-order valence-corrected chi connectivity index (χ3v) is 5.67. The Morgan fingerprint density at radius 2 is 2.10 bits per heavy atom. The van der Waals surface area contributed by atoms with Crippen LogP contribution in [0, 0.1) is 5.82 Å². The summed E-state index contributed by atoms with van der Waals surface area (Å²) in [7, 11) is 1.72. The van der Waals surface area contributed by atoms with Gasteiger partial charge in [-0.15, -0.1) is 22.7 Å². The molecule has 0 atom stereocenters. The summed E-state index contributed by atoms with van der Waals surface area (Å²) >= 11 is 3.40. The highest BCUT2D eigenvalue weighted by Gasteiger charge is 2.11.